The predicted octanol–water partition coefficient (Wildman–Crippen LogP) is 5.92. The van der Waals surface area contributed by atoms with E-state index >= 15 is 0 Å². The fraction of sp³-hybridized carbons (Fsp3) is 0.0476. The van der Waals surface area contributed by atoms with Gasteiger partial charge < -0.3 is 10.6 Å². The summed E-state index contributed by atoms with van der Waals surface area (Å²) in [5.41, 5.74) is 1.30. The predicted molar refractivity (Wildman–Crippen MR) is 113 cm³/mol. The normalized spacial score (nSPS) is 10.9. The van der Waals surface area contributed by atoms with Crippen molar-refractivity contribution in [2.45, 2.75) is 6.92 Å². The van der Waals surface area contributed by atoms with Crippen LogP contribution in [0, 0.1) is 0 Å². The molecule has 27 heavy (non-hydrogen) atoms. The van der Waals surface area contributed by atoms with E-state index in [0.29, 0.717) is 21.3 Å². The van der Waals surface area contributed by atoms with Crippen molar-refractivity contribution in [2.24, 2.45) is 0 Å². The van der Waals surface area contributed by atoms with Gasteiger partial charge in [0.25, 0.3) is 5.91 Å². The molecule has 0 aliphatic rings. The van der Waals surface area contributed by atoms with E-state index in [1.54, 1.807) is 24.3 Å². The van der Waals surface area contributed by atoms with Crippen LogP contribution in [-0.2, 0) is 4.79 Å². The van der Waals surface area contributed by atoms with E-state index in [1.165, 1.54) is 18.3 Å². The quantitative estimate of drug-likeness (QED) is 0.453. The monoisotopic (exact) mass is 394 g/mol. The van der Waals surface area contributed by atoms with Crippen LogP contribution >= 0.6 is 22.9 Å². The molecular formula is C21H15ClN2O2S. The minimum atomic E-state index is -0.252. The molecule has 2 amide bonds. The summed E-state index contributed by atoms with van der Waals surface area (Å²) in [6, 6.07) is 18.9. The van der Waals surface area contributed by atoms with Crippen molar-refractivity contribution in [2.75, 3.05) is 10.6 Å². The zero-order valence-electron chi connectivity index (χ0n) is 14.4. The van der Waals surface area contributed by atoms with E-state index in [9.17, 15) is 9.59 Å². The molecule has 0 aliphatic carbocycles. The number of fused-ring (bicyclic) bond motifs is 3. The highest BCUT2D eigenvalue weighted by Crippen LogP contribution is 2.40. The second-order valence-electron chi connectivity index (χ2n) is 6.12. The SMILES string of the molecule is CC(=O)Nc1ccc(NC(=O)c2sc3ccc4ccccc4c3c2Cl)cc1. The van der Waals surface area contributed by atoms with Crippen molar-refractivity contribution in [3.8, 4) is 0 Å². The smallest absolute Gasteiger partial charge is 0.267 e. The van der Waals surface area contributed by atoms with Gasteiger partial charge in [-0.15, -0.1) is 11.3 Å². The molecule has 0 bridgehead atoms. The number of hydrogen-bond donors (Lipinski definition) is 2. The first-order chi connectivity index (χ1) is 13.0. The molecule has 6 heteroatoms. The zero-order chi connectivity index (χ0) is 19.0. The van der Waals surface area contributed by atoms with Gasteiger partial charge in [-0.1, -0.05) is 41.9 Å². The Kier molecular flexibility index (Phi) is 4.56. The molecular weight excluding hydrogens is 380 g/mol. The lowest BCUT2D eigenvalue weighted by Gasteiger charge is -2.06. The van der Waals surface area contributed by atoms with Gasteiger partial charge >= 0.3 is 0 Å². The molecule has 0 unspecified atom stereocenters. The Morgan fingerprint density at radius 1 is 0.889 bits per heavy atom. The van der Waals surface area contributed by atoms with Crippen LogP contribution in [0.15, 0.2) is 60.7 Å². The van der Waals surface area contributed by atoms with Gasteiger partial charge in [-0.3, -0.25) is 9.59 Å². The van der Waals surface area contributed by atoms with Gasteiger partial charge in [0.1, 0.15) is 4.88 Å². The first-order valence-corrected chi connectivity index (χ1v) is 9.51. The zero-order valence-corrected chi connectivity index (χ0v) is 15.9. The molecule has 4 rings (SSSR count). The van der Waals surface area contributed by atoms with E-state index in [-0.39, 0.29) is 11.8 Å². The number of rotatable bonds is 3. The topological polar surface area (TPSA) is 58.2 Å². The van der Waals surface area contributed by atoms with E-state index in [1.807, 2.05) is 36.4 Å². The summed E-state index contributed by atoms with van der Waals surface area (Å²) < 4.78 is 0.977. The fourth-order valence-electron chi connectivity index (χ4n) is 3.01. The molecule has 2 N–H and O–H groups in total. The van der Waals surface area contributed by atoms with Crippen molar-refractivity contribution >= 4 is 67.0 Å². The Morgan fingerprint density at radius 3 is 2.26 bits per heavy atom. The standard InChI is InChI=1S/C21H15ClN2O2S/c1-12(25)23-14-7-9-15(10-8-14)24-21(26)20-19(22)18-16-5-3-2-4-13(16)6-11-17(18)27-20/h2-11H,1H3,(H,23,25)(H,24,26). The lowest BCUT2D eigenvalue weighted by atomic mass is 10.1. The summed E-state index contributed by atoms with van der Waals surface area (Å²) in [6.07, 6.45) is 0. The first kappa shape index (κ1) is 17.5. The Labute approximate surface area is 164 Å². The van der Waals surface area contributed by atoms with Crippen molar-refractivity contribution in [1.29, 1.82) is 0 Å². The molecule has 4 aromatic rings. The highest BCUT2D eigenvalue weighted by atomic mass is 35.5. The second-order valence-corrected chi connectivity index (χ2v) is 7.55. The van der Waals surface area contributed by atoms with Crippen LogP contribution in [0.3, 0.4) is 0 Å². The third-order valence-corrected chi connectivity index (χ3v) is 5.83. The maximum Gasteiger partial charge on any atom is 0.267 e. The van der Waals surface area contributed by atoms with Gasteiger partial charge in [-0.2, -0.15) is 0 Å². The van der Waals surface area contributed by atoms with Crippen molar-refractivity contribution in [1.82, 2.24) is 0 Å². The highest BCUT2D eigenvalue weighted by molar-refractivity contribution is 7.22. The number of amides is 2. The molecule has 1 heterocycles. The van der Waals surface area contributed by atoms with E-state index < -0.39 is 0 Å². The summed E-state index contributed by atoms with van der Waals surface area (Å²) in [4.78, 5) is 24.3. The van der Waals surface area contributed by atoms with Crippen LogP contribution in [-0.4, -0.2) is 11.8 Å². The molecule has 0 saturated heterocycles. The van der Waals surface area contributed by atoms with Crippen molar-refractivity contribution in [3.63, 3.8) is 0 Å². The number of carbonyl (C=O) groups is 2. The lowest BCUT2D eigenvalue weighted by molar-refractivity contribution is -0.114. The molecule has 0 atom stereocenters. The number of nitrogens with one attached hydrogen (secondary N) is 2. The summed E-state index contributed by atoms with van der Waals surface area (Å²) in [5, 5.41) is 9.06. The lowest BCUT2D eigenvalue weighted by Crippen LogP contribution is -2.11. The summed E-state index contributed by atoms with van der Waals surface area (Å²) in [7, 11) is 0. The summed E-state index contributed by atoms with van der Waals surface area (Å²) in [6.45, 7) is 1.45. The number of hydrogen-bond acceptors (Lipinski definition) is 3. The molecule has 0 radical (unpaired) electrons. The third-order valence-electron chi connectivity index (χ3n) is 4.19. The average Bonchev–Trinajstić information content (AvgIpc) is 3.00. The van der Waals surface area contributed by atoms with Crippen molar-refractivity contribution in [3.05, 3.63) is 70.6 Å². The number of carbonyl (C=O) groups excluding carboxylic acids is 2. The summed E-state index contributed by atoms with van der Waals surface area (Å²) in [5.74, 6) is -0.395. The van der Waals surface area contributed by atoms with Crippen molar-refractivity contribution < 1.29 is 9.59 Å². The Morgan fingerprint density at radius 2 is 1.56 bits per heavy atom. The van der Waals surface area contributed by atoms with Crippen LogP contribution < -0.4 is 10.6 Å². The van der Waals surface area contributed by atoms with Gasteiger partial charge in [0, 0.05) is 28.4 Å². The van der Waals surface area contributed by atoms with E-state index in [2.05, 4.69) is 10.6 Å². The fourth-order valence-corrected chi connectivity index (χ4v) is 4.47. The van der Waals surface area contributed by atoms with Crippen LogP contribution in [0.5, 0.6) is 0 Å². The molecule has 134 valence electrons. The Bertz CT molecular complexity index is 1180. The maximum absolute atomic E-state index is 12.7. The number of benzene rings is 3. The van der Waals surface area contributed by atoms with Crippen LogP contribution in [0.25, 0.3) is 20.9 Å². The van der Waals surface area contributed by atoms with Gasteiger partial charge in [-0.05, 0) is 41.1 Å². The number of thiophene rings is 1. The summed E-state index contributed by atoms with van der Waals surface area (Å²) >= 11 is 7.96. The van der Waals surface area contributed by atoms with Crippen LogP contribution in [0.4, 0.5) is 11.4 Å². The molecule has 0 saturated carbocycles. The highest BCUT2D eigenvalue weighted by Gasteiger charge is 2.19. The average molecular weight is 395 g/mol. The Hall–Kier alpha value is -2.89. The number of anilines is 2. The minimum absolute atomic E-state index is 0.143. The Balaban J connectivity index is 1.66. The van der Waals surface area contributed by atoms with E-state index in [4.69, 9.17) is 11.6 Å². The van der Waals surface area contributed by atoms with Crippen LogP contribution in [0.2, 0.25) is 5.02 Å². The maximum atomic E-state index is 12.7. The third kappa shape index (κ3) is 3.39. The molecule has 3 aromatic carbocycles. The molecule has 0 aliphatic heterocycles. The molecule has 0 fully saturated rings. The largest absolute Gasteiger partial charge is 0.326 e. The van der Waals surface area contributed by atoms with Gasteiger partial charge in [0.05, 0.1) is 5.02 Å². The molecule has 4 nitrogen and oxygen atoms in total. The van der Waals surface area contributed by atoms with Gasteiger partial charge in [-0.25, -0.2) is 0 Å². The van der Waals surface area contributed by atoms with E-state index in [0.717, 1.165) is 20.9 Å². The number of halogens is 1. The molecule has 0 spiro atoms. The van der Waals surface area contributed by atoms with Crippen LogP contribution in [0.1, 0.15) is 16.6 Å². The van der Waals surface area contributed by atoms with Gasteiger partial charge in [0.2, 0.25) is 5.91 Å². The second kappa shape index (κ2) is 7.02. The molecule has 1 aromatic heterocycles. The first-order valence-electron chi connectivity index (χ1n) is 8.31. The minimum Gasteiger partial charge on any atom is -0.326 e. The van der Waals surface area contributed by atoms with Gasteiger partial charge in [0.15, 0.2) is 0 Å².